The molecule has 2 aliphatic rings. The second-order valence-corrected chi connectivity index (χ2v) is 11.1. The molecule has 1 aromatic carbocycles. The van der Waals surface area contributed by atoms with Crippen molar-refractivity contribution in [3.8, 4) is 0 Å². The molecule has 0 radical (unpaired) electrons. The van der Waals surface area contributed by atoms with Gasteiger partial charge in [0.25, 0.3) is 0 Å². The van der Waals surface area contributed by atoms with E-state index in [1.807, 2.05) is 17.5 Å². The van der Waals surface area contributed by atoms with Crippen molar-refractivity contribution in [2.75, 3.05) is 33.3 Å². The fourth-order valence-corrected chi connectivity index (χ4v) is 6.11. The highest BCUT2D eigenvalue weighted by Gasteiger charge is 2.33. The van der Waals surface area contributed by atoms with Gasteiger partial charge in [-0.15, -0.1) is 11.3 Å². The molecule has 0 spiro atoms. The molecule has 1 saturated carbocycles. The summed E-state index contributed by atoms with van der Waals surface area (Å²) in [6.45, 7) is 3.27. The van der Waals surface area contributed by atoms with Crippen LogP contribution in [0.15, 0.2) is 41.8 Å². The average Bonchev–Trinajstić information content (AvgIpc) is 3.44. The van der Waals surface area contributed by atoms with Crippen LogP contribution in [0.4, 0.5) is 0 Å². The minimum atomic E-state index is -0.758. The Balaban J connectivity index is 1.62. The number of thiophene rings is 1. The summed E-state index contributed by atoms with van der Waals surface area (Å²) in [5, 5.41) is 5.23. The van der Waals surface area contributed by atoms with Crippen LogP contribution in [0.3, 0.4) is 0 Å². The van der Waals surface area contributed by atoms with E-state index in [9.17, 15) is 14.4 Å². The number of ether oxygens (including phenoxy) is 1. The number of carbonyl (C=O) groups is 3. The molecule has 8 heteroatoms. The van der Waals surface area contributed by atoms with Gasteiger partial charge >= 0.3 is 5.97 Å². The van der Waals surface area contributed by atoms with Crippen molar-refractivity contribution in [2.24, 2.45) is 0 Å². The van der Waals surface area contributed by atoms with Crippen molar-refractivity contribution in [1.29, 1.82) is 0 Å². The number of amides is 2. The summed E-state index contributed by atoms with van der Waals surface area (Å²) in [5.74, 6) is -0.623. The second kappa shape index (κ2) is 13.7. The molecule has 1 N–H and O–H groups in total. The minimum Gasteiger partial charge on any atom is -0.465 e. The summed E-state index contributed by atoms with van der Waals surface area (Å²) in [6, 6.07) is 10.2. The van der Waals surface area contributed by atoms with E-state index in [-0.39, 0.29) is 24.3 Å². The summed E-state index contributed by atoms with van der Waals surface area (Å²) in [4.78, 5) is 44.8. The second-order valence-electron chi connectivity index (χ2n) is 10.1. The molecule has 1 aliphatic carbocycles. The third kappa shape index (κ3) is 7.65. The van der Waals surface area contributed by atoms with Gasteiger partial charge in [0.05, 0.1) is 19.1 Å². The third-order valence-corrected chi connectivity index (χ3v) is 8.37. The zero-order valence-electron chi connectivity index (χ0n) is 21.8. The van der Waals surface area contributed by atoms with Gasteiger partial charge in [0.2, 0.25) is 11.8 Å². The van der Waals surface area contributed by atoms with Gasteiger partial charge in [0.15, 0.2) is 0 Å². The zero-order valence-corrected chi connectivity index (χ0v) is 22.6. The number of piperidine rings is 1. The number of hydrogen-bond donors (Lipinski definition) is 1. The fraction of sp³-hybridized carbons (Fsp3) is 0.552. The van der Waals surface area contributed by atoms with E-state index < -0.39 is 12.0 Å². The van der Waals surface area contributed by atoms with Crippen LogP contribution in [0, 0.1) is 0 Å². The first kappa shape index (κ1) is 27.3. The first-order chi connectivity index (χ1) is 18.0. The summed E-state index contributed by atoms with van der Waals surface area (Å²) in [7, 11) is 1.35. The number of methoxy groups -OCH3 is 1. The molecule has 37 heavy (non-hydrogen) atoms. The molecule has 1 saturated heterocycles. The number of likely N-dealkylation sites (tertiary alicyclic amines) is 1. The minimum absolute atomic E-state index is 0.0553. The number of benzene rings is 1. The number of rotatable bonds is 10. The van der Waals surface area contributed by atoms with Gasteiger partial charge in [-0.05, 0) is 67.9 Å². The van der Waals surface area contributed by atoms with Gasteiger partial charge in [0.1, 0.15) is 6.04 Å². The maximum atomic E-state index is 13.9. The molecule has 200 valence electrons. The smallest absolute Gasteiger partial charge is 0.337 e. The lowest BCUT2D eigenvalue weighted by atomic mass is 9.94. The molecule has 0 bridgehead atoms. The third-order valence-electron chi connectivity index (χ3n) is 7.49. The largest absolute Gasteiger partial charge is 0.465 e. The van der Waals surface area contributed by atoms with Gasteiger partial charge in [-0.1, -0.05) is 43.9 Å². The van der Waals surface area contributed by atoms with Crippen LogP contribution in [0.5, 0.6) is 0 Å². The van der Waals surface area contributed by atoms with Crippen LogP contribution in [-0.2, 0) is 20.7 Å². The molecule has 2 amide bonds. The SMILES string of the molecule is COC(=O)c1ccc([C@H](C(=O)NC2CCCCC2)N(CCN2CCCCC2)C(=O)Cc2cccs2)cc1. The van der Waals surface area contributed by atoms with Crippen LogP contribution < -0.4 is 5.32 Å². The summed E-state index contributed by atoms with van der Waals surface area (Å²) in [5.41, 5.74) is 1.13. The number of nitrogens with zero attached hydrogens (tertiary/aromatic N) is 2. The van der Waals surface area contributed by atoms with Gasteiger partial charge in [0, 0.05) is 24.0 Å². The van der Waals surface area contributed by atoms with E-state index in [1.54, 1.807) is 40.5 Å². The number of esters is 1. The standard InChI is InChI=1S/C29H39N3O4S/c1-36-29(35)23-14-12-22(13-15-23)27(28(34)30-24-9-4-2-5-10-24)32(19-18-31-16-6-3-7-17-31)26(33)21-25-11-8-20-37-25/h8,11-15,20,24,27H,2-7,9-10,16-19,21H2,1H3,(H,30,34)/t27-/m1/s1. The molecule has 2 heterocycles. The number of carbonyl (C=O) groups excluding carboxylic acids is 3. The Bertz CT molecular complexity index is 1010. The van der Waals surface area contributed by atoms with E-state index in [1.165, 1.54) is 32.8 Å². The quantitative estimate of drug-likeness (QED) is 0.460. The Morgan fingerprint density at radius 1 is 1.03 bits per heavy atom. The Morgan fingerprint density at radius 2 is 1.73 bits per heavy atom. The average molecular weight is 526 g/mol. The van der Waals surface area contributed by atoms with E-state index in [0.717, 1.165) is 50.2 Å². The molecule has 2 aromatic rings. The van der Waals surface area contributed by atoms with Crippen LogP contribution in [0.25, 0.3) is 0 Å². The van der Waals surface area contributed by atoms with Gasteiger partial charge < -0.3 is 19.9 Å². The Labute approximate surface area is 224 Å². The molecule has 0 unspecified atom stereocenters. The number of hydrogen-bond acceptors (Lipinski definition) is 6. The maximum Gasteiger partial charge on any atom is 0.337 e. The highest BCUT2D eigenvalue weighted by Crippen LogP contribution is 2.26. The molecule has 2 fully saturated rings. The molecule has 1 atom stereocenters. The van der Waals surface area contributed by atoms with Crippen LogP contribution in [0.1, 0.15) is 78.2 Å². The van der Waals surface area contributed by atoms with Crippen molar-refractivity contribution in [2.45, 2.75) is 69.9 Å². The predicted octanol–water partition coefficient (Wildman–Crippen LogP) is 4.58. The molecule has 1 aliphatic heterocycles. The van der Waals surface area contributed by atoms with E-state index in [4.69, 9.17) is 4.74 Å². The van der Waals surface area contributed by atoms with Crippen LogP contribution >= 0.6 is 11.3 Å². The van der Waals surface area contributed by atoms with Gasteiger partial charge in [-0.25, -0.2) is 4.79 Å². The fourth-order valence-electron chi connectivity index (χ4n) is 5.41. The molecule has 4 rings (SSSR count). The summed E-state index contributed by atoms with van der Waals surface area (Å²) >= 11 is 1.56. The lowest BCUT2D eigenvalue weighted by molar-refractivity contribution is -0.141. The molecular formula is C29H39N3O4S. The van der Waals surface area contributed by atoms with Crippen molar-refractivity contribution in [3.63, 3.8) is 0 Å². The lowest BCUT2D eigenvalue weighted by Crippen LogP contribution is -2.49. The van der Waals surface area contributed by atoms with Crippen molar-refractivity contribution < 1.29 is 19.1 Å². The van der Waals surface area contributed by atoms with Crippen molar-refractivity contribution in [3.05, 3.63) is 57.8 Å². The van der Waals surface area contributed by atoms with Crippen molar-refractivity contribution >= 4 is 29.1 Å². The highest BCUT2D eigenvalue weighted by molar-refractivity contribution is 7.10. The van der Waals surface area contributed by atoms with Gasteiger partial charge in [-0.3, -0.25) is 9.59 Å². The molecule has 7 nitrogen and oxygen atoms in total. The highest BCUT2D eigenvalue weighted by atomic mass is 32.1. The first-order valence-electron chi connectivity index (χ1n) is 13.6. The van der Waals surface area contributed by atoms with Crippen molar-refractivity contribution in [1.82, 2.24) is 15.1 Å². The Morgan fingerprint density at radius 3 is 2.38 bits per heavy atom. The predicted molar refractivity (Wildman–Crippen MR) is 146 cm³/mol. The Hall–Kier alpha value is -2.71. The van der Waals surface area contributed by atoms with Gasteiger partial charge in [-0.2, -0.15) is 0 Å². The molecular weight excluding hydrogens is 486 g/mol. The maximum absolute atomic E-state index is 13.9. The summed E-state index contributed by atoms with van der Waals surface area (Å²) in [6.07, 6.45) is 9.22. The van der Waals surface area contributed by atoms with Crippen LogP contribution in [-0.4, -0.2) is 66.9 Å². The molecule has 1 aromatic heterocycles. The first-order valence-corrected chi connectivity index (χ1v) is 14.5. The number of nitrogens with one attached hydrogen (secondary N) is 1. The normalized spacial score (nSPS) is 17.6. The topological polar surface area (TPSA) is 79.0 Å². The monoisotopic (exact) mass is 525 g/mol. The summed E-state index contributed by atoms with van der Waals surface area (Å²) < 4.78 is 4.85. The lowest BCUT2D eigenvalue weighted by Gasteiger charge is -2.35. The van der Waals surface area contributed by atoms with Crippen LogP contribution in [0.2, 0.25) is 0 Å². The van der Waals surface area contributed by atoms with E-state index in [0.29, 0.717) is 17.7 Å². The van der Waals surface area contributed by atoms with E-state index in [2.05, 4.69) is 10.2 Å². The Kier molecular flexibility index (Phi) is 10.1. The van der Waals surface area contributed by atoms with E-state index >= 15 is 0 Å². The zero-order chi connectivity index (χ0) is 26.0.